The molecule has 0 saturated carbocycles. The number of carbonyl (C=O) groups is 2. The normalized spacial score (nSPS) is 10.3. The molecule has 2 aromatic heterocycles. The van der Waals surface area contributed by atoms with Crippen LogP contribution in [0.5, 0.6) is 0 Å². The van der Waals surface area contributed by atoms with E-state index < -0.39 is 0 Å². The summed E-state index contributed by atoms with van der Waals surface area (Å²) in [7, 11) is 0. The van der Waals surface area contributed by atoms with Gasteiger partial charge in [0, 0.05) is 23.2 Å². The standard InChI is InChI=1S/2C9H7N.2C5H8O2.Ni/c2*1-2-6-9-8(4-1)5-3-7-10-9;2*1-4(6)3-5(2)7;/h2*1-7H;2*3,6H,1-2H3;/q;;;;+2/p-2/b;;2*4-3-;. The Morgan fingerprint density at radius 1 is 0.600 bits per heavy atom. The molecule has 35 heavy (non-hydrogen) atoms. The average molecular weight is 515 g/mol. The molecule has 0 amide bonds. The maximum Gasteiger partial charge on any atom is 2.00 e. The summed E-state index contributed by atoms with van der Waals surface area (Å²) >= 11 is 0. The largest absolute Gasteiger partial charge is 2.00 e. The molecule has 0 aliphatic heterocycles. The second-order valence-corrected chi connectivity index (χ2v) is 7.12. The number of ketones is 2. The van der Waals surface area contributed by atoms with Gasteiger partial charge in [0.2, 0.25) is 0 Å². The average Bonchev–Trinajstić information content (AvgIpc) is 2.79. The Morgan fingerprint density at radius 2 is 0.914 bits per heavy atom. The Balaban J connectivity index is 0.000000445. The topological polar surface area (TPSA) is 106 Å². The van der Waals surface area contributed by atoms with Crippen molar-refractivity contribution in [1.29, 1.82) is 0 Å². The quantitative estimate of drug-likeness (QED) is 0.226. The van der Waals surface area contributed by atoms with Crippen LogP contribution in [0, 0.1) is 0 Å². The van der Waals surface area contributed by atoms with Crippen LogP contribution in [0.15, 0.2) is 109 Å². The summed E-state index contributed by atoms with van der Waals surface area (Å²) in [6, 6.07) is 24.2. The Hall–Kier alpha value is -3.83. The first-order chi connectivity index (χ1) is 16.2. The summed E-state index contributed by atoms with van der Waals surface area (Å²) in [5.41, 5.74) is 2.12. The number of nitrogens with zero attached hydrogens (tertiary/aromatic N) is 2. The number of benzene rings is 2. The molecule has 0 radical (unpaired) electrons. The maximum absolute atomic E-state index is 9.98. The first-order valence-electron chi connectivity index (χ1n) is 10.5. The number of para-hydroxylation sites is 2. The summed E-state index contributed by atoms with van der Waals surface area (Å²) in [4.78, 5) is 28.3. The third kappa shape index (κ3) is 14.8. The molecule has 4 aromatic rings. The second-order valence-electron chi connectivity index (χ2n) is 7.12. The van der Waals surface area contributed by atoms with Gasteiger partial charge in [-0.15, -0.1) is 11.5 Å². The van der Waals surface area contributed by atoms with Crippen molar-refractivity contribution < 1.29 is 36.3 Å². The van der Waals surface area contributed by atoms with Gasteiger partial charge in [-0.05, 0) is 50.3 Å². The van der Waals surface area contributed by atoms with Crippen molar-refractivity contribution in [3.05, 3.63) is 109 Å². The van der Waals surface area contributed by atoms with Crippen LogP contribution < -0.4 is 10.2 Å². The Morgan fingerprint density at radius 3 is 1.17 bits per heavy atom. The molecule has 6 nitrogen and oxygen atoms in total. The van der Waals surface area contributed by atoms with Gasteiger partial charge < -0.3 is 10.2 Å². The number of hydrogen-bond acceptors (Lipinski definition) is 6. The van der Waals surface area contributed by atoms with Crippen molar-refractivity contribution in [1.82, 2.24) is 9.97 Å². The molecule has 0 unspecified atom stereocenters. The van der Waals surface area contributed by atoms with Crippen LogP contribution in [0.3, 0.4) is 0 Å². The van der Waals surface area contributed by atoms with Crippen LogP contribution in [0.4, 0.5) is 0 Å². The minimum absolute atomic E-state index is 0. The first kappa shape index (κ1) is 31.2. The monoisotopic (exact) mass is 514 g/mol. The molecule has 184 valence electrons. The van der Waals surface area contributed by atoms with Gasteiger partial charge in [0.1, 0.15) is 0 Å². The van der Waals surface area contributed by atoms with Gasteiger partial charge in [0.05, 0.1) is 11.0 Å². The number of pyridine rings is 2. The molecule has 0 saturated heterocycles. The van der Waals surface area contributed by atoms with Gasteiger partial charge >= 0.3 is 16.5 Å². The summed E-state index contributed by atoms with van der Waals surface area (Å²) in [6.07, 6.45) is 5.73. The number of allylic oxidation sites excluding steroid dienone is 4. The smallest absolute Gasteiger partial charge is 0.876 e. The molecule has 7 heteroatoms. The van der Waals surface area contributed by atoms with Gasteiger partial charge in [-0.2, -0.15) is 0 Å². The number of hydrogen-bond donors (Lipinski definition) is 0. The third-order valence-electron chi connectivity index (χ3n) is 3.84. The second kappa shape index (κ2) is 17.6. The minimum Gasteiger partial charge on any atom is -0.876 e. The van der Waals surface area contributed by atoms with Crippen LogP contribution in [0.1, 0.15) is 27.7 Å². The van der Waals surface area contributed by atoms with E-state index in [1.165, 1.54) is 38.5 Å². The van der Waals surface area contributed by atoms with Crippen LogP contribution in [-0.4, -0.2) is 21.5 Å². The third-order valence-corrected chi connectivity index (χ3v) is 3.84. The fraction of sp³-hybridized carbons (Fsp3) is 0.143. The maximum atomic E-state index is 9.98. The number of rotatable bonds is 2. The van der Waals surface area contributed by atoms with E-state index >= 15 is 0 Å². The van der Waals surface area contributed by atoms with E-state index in [1.807, 2.05) is 60.9 Å². The summed E-state index contributed by atoms with van der Waals surface area (Å²) in [5, 5.41) is 22.4. The molecule has 2 aromatic carbocycles. The van der Waals surface area contributed by atoms with E-state index in [1.54, 1.807) is 0 Å². The fourth-order valence-corrected chi connectivity index (χ4v) is 2.60. The summed E-state index contributed by atoms with van der Waals surface area (Å²) in [5.74, 6) is -0.750. The minimum atomic E-state index is -0.187. The van der Waals surface area contributed by atoms with E-state index in [9.17, 15) is 19.8 Å². The molecule has 0 atom stereocenters. The Labute approximate surface area is 216 Å². The van der Waals surface area contributed by atoms with Crippen molar-refractivity contribution in [2.45, 2.75) is 27.7 Å². The molecular formula is C28H28N2NiO4. The predicted molar refractivity (Wildman–Crippen MR) is 132 cm³/mol. The predicted octanol–water partition coefficient (Wildman–Crippen LogP) is 4.15. The van der Waals surface area contributed by atoms with Gasteiger partial charge in [0.25, 0.3) is 0 Å². The van der Waals surface area contributed by atoms with Crippen LogP contribution >= 0.6 is 0 Å². The summed E-state index contributed by atoms with van der Waals surface area (Å²) < 4.78 is 0. The van der Waals surface area contributed by atoms with E-state index in [-0.39, 0.29) is 39.6 Å². The summed E-state index contributed by atoms with van der Waals surface area (Å²) in [6.45, 7) is 5.39. The van der Waals surface area contributed by atoms with E-state index in [2.05, 4.69) is 34.2 Å². The van der Waals surface area contributed by atoms with Crippen LogP contribution in [0.2, 0.25) is 0 Å². The van der Waals surface area contributed by atoms with Crippen molar-refractivity contribution in [3.8, 4) is 0 Å². The van der Waals surface area contributed by atoms with Gasteiger partial charge in [0.15, 0.2) is 11.6 Å². The Bertz CT molecular complexity index is 1030. The van der Waals surface area contributed by atoms with Crippen LogP contribution in [0.25, 0.3) is 21.8 Å². The molecular weight excluding hydrogens is 487 g/mol. The molecule has 0 spiro atoms. The van der Waals surface area contributed by atoms with Crippen LogP contribution in [-0.2, 0) is 26.1 Å². The van der Waals surface area contributed by atoms with Gasteiger partial charge in [-0.1, -0.05) is 62.4 Å². The number of aromatic nitrogens is 2. The Kier molecular flexibility index (Phi) is 15.7. The molecule has 0 N–H and O–H groups in total. The van der Waals surface area contributed by atoms with Gasteiger partial charge in [-0.3, -0.25) is 19.6 Å². The SMILES string of the molecule is CC(=O)/C=C(/C)[O-].CC(=O)/C=C(/C)[O-].[Ni+2].c1ccc2ncccc2c1.c1ccc2ncccc2c1. The molecule has 2 heterocycles. The zero-order chi connectivity index (χ0) is 25.3. The zero-order valence-electron chi connectivity index (χ0n) is 20.1. The molecule has 4 rings (SSSR count). The molecule has 0 bridgehead atoms. The van der Waals surface area contributed by atoms with Crippen molar-refractivity contribution >= 4 is 33.4 Å². The van der Waals surface area contributed by atoms with Crippen molar-refractivity contribution in [2.24, 2.45) is 0 Å². The van der Waals surface area contributed by atoms with E-state index in [0.717, 1.165) is 23.2 Å². The molecule has 0 aliphatic carbocycles. The van der Waals surface area contributed by atoms with E-state index in [4.69, 9.17) is 0 Å². The van der Waals surface area contributed by atoms with Crippen molar-refractivity contribution in [2.75, 3.05) is 0 Å². The fourth-order valence-electron chi connectivity index (χ4n) is 2.60. The van der Waals surface area contributed by atoms with Crippen molar-refractivity contribution in [3.63, 3.8) is 0 Å². The molecule has 0 fully saturated rings. The zero-order valence-corrected chi connectivity index (χ0v) is 21.1. The van der Waals surface area contributed by atoms with E-state index in [0.29, 0.717) is 0 Å². The molecule has 0 aliphatic rings. The number of carbonyl (C=O) groups excluding carboxylic acids is 2. The van der Waals surface area contributed by atoms with Gasteiger partial charge in [-0.25, -0.2) is 0 Å². The first-order valence-corrected chi connectivity index (χ1v) is 10.5. The number of fused-ring (bicyclic) bond motifs is 2.